The number of nitro groups is 1. The van der Waals surface area contributed by atoms with Crippen molar-refractivity contribution < 1.29 is 9.66 Å². The summed E-state index contributed by atoms with van der Waals surface area (Å²) in [7, 11) is 1.72. The number of rotatable bonds is 4. The largest absolute Gasteiger partial charge is 0.472 e. The number of non-ortho nitro benzene ring substituents is 1. The van der Waals surface area contributed by atoms with Crippen molar-refractivity contribution in [2.45, 2.75) is 0 Å². The molecule has 0 amide bonds. The first-order chi connectivity index (χ1) is 8.13. The van der Waals surface area contributed by atoms with Gasteiger partial charge in [0.05, 0.1) is 15.8 Å². The van der Waals surface area contributed by atoms with Crippen molar-refractivity contribution in [3.63, 3.8) is 0 Å². The second kappa shape index (κ2) is 4.25. The molecular formula is C11H11N3O3. The molecule has 0 spiro atoms. The Balaban J connectivity index is 2.52. The first kappa shape index (κ1) is 11.1. The molecule has 0 unspecified atom stereocenters. The summed E-state index contributed by atoms with van der Waals surface area (Å²) in [5.41, 5.74) is 0.703. The summed E-state index contributed by atoms with van der Waals surface area (Å²) in [6, 6.07) is 4.55. The number of aryl methyl sites for hydroxylation is 1. The molecule has 88 valence electrons. The first-order valence-electron chi connectivity index (χ1n) is 4.98. The van der Waals surface area contributed by atoms with Crippen LogP contribution in [0.1, 0.15) is 0 Å². The van der Waals surface area contributed by atoms with Crippen molar-refractivity contribution in [3.8, 4) is 5.88 Å². The number of fused-ring (bicyclic) bond motifs is 1. The first-order valence-corrected chi connectivity index (χ1v) is 4.98. The van der Waals surface area contributed by atoms with Crippen LogP contribution in [0.15, 0.2) is 30.9 Å². The molecule has 0 N–H and O–H groups in total. The van der Waals surface area contributed by atoms with E-state index in [2.05, 4.69) is 11.7 Å². The van der Waals surface area contributed by atoms with Crippen LogP contribution in [0, 0.1) is 10.1 Å². The summed E-state index contributed by atoms with van der Waals surface area (Å²) in [4.78, 5) is 10.2. The molecule has 0 saturated heterocycles. The topological polar surface area (TPSA) is 70.2 Å². The molecule has 0 aliphatic rings. The van der Waals surface area contributed by atoms with Gasteiger partial charge in [-0.25, -0.2) is 0 Å². The third kappa shape index (κ3) is 1.96. The number of nitro benzene ring substituents is 1. The smallest absolute Gasteiger partial charge is 0.271 e. The molecule has 1 heterocycles. The van der Waals surface area contributed by atoms with E-state index < -0.39 is 4.92 Å². The molecule has 0 aliphatic heterocycles. The van der Waals surface area contributed by atoms with E-state index in [1.807, 2.05) is 0 Å². The van der Waals surface area contributed by atoms with Gasteiger partial charge in [0.2, 0.25) is 5.88 Å². The molecule has 17 heavy (non-hydrogen) atoms. The van der Waals surface area contributed by atoms with Gasteiger partial charge in [-0.05, 0) is 6.07 Å². The van der Waals surface area contributed by atoms with Crippen molar-refractivity contribution in [1.82, 2.24) is 9.78 Å². The van der Waals surface area contributed by atoms with Crippen molar-refractivity contribution in [2.75, 3.05) is 6.61 Å². The van der Waals surface area contributed by atoms with Crippen LogP contribution in [-0.4, -0.2) is 21.3 Å². The van der Waals surface area contributed by atoms with Gasteiger partial charge in [0.1, 0.15) is 6.61 Å². The highest BCUT2D eigenvalue weighted by Crippen LogP contribution is 2.27. The summed E-state index contributed by atoms with van der Waals surface area (Å²) in [6.45, 7) is 3.90. The molecule has 6 nitrogen and oxygen atoms in total. The number of hydrogen-bond donors (Lipinski definition) is 0. The van der Waals surface area contributed by atoms with Gasteiger partial charge in [-0.15, -0.1) is 5.10 Å². The highest BCUT2D eigenvalue weighted by molar-refractivity contribution is 5.86. The van der Waals surface area contributed by atoms with Crippen LogP contribution >= 0.6 is 0 Å². The molecule has 6 heteroatoms. The summed E-state index contributed by atoms with van der Waals surface area (Å²) in [6.07, 6.45) is 1.62. The van der Waals surface area contributed by atoms with Gasteiger partial charge in [-0.1, -0.05) is 12.7 Å². The zero-order valence-electron chi connectivity index (χ0n) is 9.29. The van der Waals surface area contributed by atoms with Crippen LogP contribution in [0.3, 0.4) is 0 Å². The molecule has 0 atom stereocenters. The molecule has 2 rings (SSSR count). The van der Waals surface area contributed by atoms with Crippen molar-refractivity contribution in [1.29, 1.82) is 0 Å². The van der Waals surface area contributed by atoms with E-state index in [0.29, 0.717) is 18.0 Å². The molecule has 0 fully saturated rings. The Bertz CT molecular complexity index is 589. The molecule has 0 saturated carbocycles. The van der Waals surface area contributed by atoms with Gasteiger partial charge >= 0.3 is 0 Å². The molecule has 1 aromatic carbocycles. The van der Waals surface area contributed by atoms with E-state index in [9.17, 15) is 10.1 Å². The van der Waals surface area contributed by atoms with Crippen LogP contribution in [0.4, 0.5) is 5.69 Å². The number of benzene rings is 1. The lowest BCUT2D eigenvalue weighted by Crippen LogP contribution is -1.95. The van der Waals surface area contributed by atoms with Crippen molar-refractivity contribution in [2.24, 2.45) is 7.05 Å². The Morgan fingerprint density at radius 3 is 3.06 bits per heavy atom. The zero-order chi connectivity index (χ0) is 12.4. The summed E-state index contributed by atoms with van der Waals surface area (Å²) >= 11 is 0. The van der Waals surface area contributed by atoms with Gasteiger partial charge in [-0.3, -0.25) is 14.8 Å². The summed E-state index contributed by atoms with van der Waals surface area (Å²) in [5.74, 6) is 0.456. The highest BCUT2D eigenvalue weighted by Gasteiger charge is 2.13. The minimum Gasteiger partial charge on any atom is -0.472 e. The van der Waals surface area contributed by atoms with Crippen LogP contribution < -0.4 is 4.74 Å². The molecule has 1 aromatic heterocycles. The lowest BCUT2D eigenvalue weighted by molar-refractivity contribution is -0.384. The molecule has 0 aliphatic carbocycles. The number of aromatic nitrogens is 2. The van der Waals surface area contributed by atoms with Crippen LogP contribution in [0.25, 0.3) is 10.9 Å². The fraction of sp³-hybridized carbons (Fsp3) is 0.182. The average Bonchev–Trinajstić information content (AvgIpc) is 2.63. The van der Waals surface area contributed by atoms with E-state index in [1.54, 1.807) is 23.9 Å². The Morgan fingerprint density at radius 1 is 1.65 bits per heavy atom. The predicted octanol–water partition coefficient (Wildman–Crippen LogP) is 2.05. The quantitative estimate of drug-likeness (QED) is 0.460. The lowest BCUT2D eigenvalue weighted by Gasteiger charge is -1.97. The van der Waals surface area contributed by atoms with E-state index >= 15 is 0 Å². The predicted molar refractivity (Wildman–Crippen MR) is 63.1 cm³/mol. The monoisotopic (exact) mass is 233 g/mol. The van der Waals surface area contributed by atoms with E-state index in [0.717, 1.165) is 5.39 Å². The maximum atomic E-state index is 10.7. The fourth-order valence-electron chi connectivity index (χ4n) is 1.57. The standard InChI is InChI=1S/C11H11N3O3/c1-3-6-17-11-9-5-4-8(14(15)16)7-10(9)13(2)12-11/h3-5,7H,1,6H2,2H3. The summed E-state index contributed by atoms with van der Waals surface area (Å²) in [5, 5.41) is 15.6. The Morgan fingerprint density at radius 2 is 2.41 bits per heavy atom. The third-order valence-electron chi connectivity index (χ3n) is 2.35. The number of ether oxygens (including phenoxy) is 1. The van der Waals surface area contributed by atoms with E-state index in [-0.39, 0.29) is 5.69 Å². The SMILES string of the molecule is C=CCOc1nn(C)c2cc([N+](=O)[O-])ccc12. The normalized spacial score (nSPS) is 10.4. The highest BCUT2D eigenvalue weighted by atomic mass is 16.6. The van der Waals surface area contributed by atoms with Gasteiger partial charge in [0.25, 0.3) is 5.69 Å². The minimum atomic E-state index is -0.434. The van der Waals surface area contributed by atoms with Crippen LogP contribution in [0.5, 0.6) is 5.88 Å². The third-order valence-corrected chi connectivity index (χ3v) is 2.35. The second-order valence-corrected chi connectivity index (χ2v) is 3.49. The van der Waals surface area contributed by atoms with Crippen molar-refractivity contribution >= 4 is 16.6 Å². The Hall–Kier alpha value is -2.37. The van der Waals surface area contributed by atoms with Crippen LogP contribution in [0.2, 0.25) is 0 Å². The Labute approximate surface area is 97.3 Å². The molecule has 0 bridgehead atoms. The maximum absolute atomic E-state index is 10.7. The Kier molecular flexibility index (Phi) is 2.78. The van der Waals surface area contributed by atoms with E-state index in [4.69, 9.17) is 4.74 Å². The second-order valence-electron chi connectivity index (χ2n) is 3.49. The number of hydrogen-bond acceptors (Lipinski definition) is 4. The van der Waals surface area contributed by atoms with E-state index in [1.165, 1.54) is 12.1 Å². The number of nitrogens with zero attached hydrogens (tertiary/aromatic N) is 3. The van der Waals surface area contributed by atoms with Gasteiger partial charge in [0, 0.05) is 19.2 Å². The molecule has 0 radical (unpaired) electrons. The minimum absolute atomic E-state index is 0.0378. The van der Waals surface area contributed by atoms with Crippen molar-refractivity contribution in [3.05, 3.63) is 41.0 Å². The maximum Gasteiger partial charge on any atom is 0.271 e. The fourth-order valence-corrected chi connectivity index (χ4v) is 1.57. The molecule has 2 aromatic rings. The van der Waals surface area contributed by atoms with Gasteiger partial charge in [0.15, 0.2) is 0 Å². The van der Waals surface area contributed by atoms with Gasteiger partial charge < -0.3 is 4.74 Å². The average molecular weight is 233 g/mol. The van der Waals surface area contributed by atoms with Gasteiger partial charge in [-0.2, -0.15) is 0 Å². The summed E-state index contributed by atoms with van der Waals surface area (Å²) < 4.78 is 6.93. The molecular weight excluding hydrogens is 222 g/mol. The van der Waals surface area contributed by atoms with Crippen LogP contribution in [-0.2, 0) is 7.05 Å². The lowest BCUT2D eigenvalue weighted by atomic mass is 10.2. The zero-order valence-corrected chi connectivity index (χ0v) is 9.29.